The van der Waals surface area contributed by atoms with E-state index in [0.717, 1.165) is 22.1 Å². The summed E-state index contributed by atoms with van der Waals surface area (Å²) in [6, 6.07) is 16.0. The van der Waals surface area contributed by atoms with E-state index in [4.69, 9.17) is 16.3 Å². The highest BCUT2D eigenvalue weighted by Gasteiger charge is 2.36. The van der Waals surface area contributed by atoms with Gasteiger partial charge in [0.1, 0.15) is 11.4 Å². The number of ether oxygens (including phenoxy) is 1. The molecule has 194 valence electrons. The molecule has 0 aliphatic heterocycles. The van der Waals surface area contributed by atoms with E-state index in [-0.39, 0.29) is 12.4 Å². The number of phenolic OH excluding ortho intramolecular Hbond substituents is 1. The largest absolute Gasteiger partial charge is 0.508 e. The number of halogens is 1. The zero-order valence-electron chi connectivity index (χ0n) is 21.4. The molecule has 0 fully saturated rings. The lowest BCUT2D eigenvalue weighted by Gasteiger charge is -2.31. The fourth-order valence-corrected chi connectivity index (χ4v) is 4.56. The predicted octanol–water partition coefficient (Wildman–Crippen LogP) is 6.17. The molecule has 3 N–H and O–H groups in total. The van der Waals surface area contributed by atoms with E-state index in [2.05, 4.69) is 16.5 Å². The lowest BCUT2D eigenvalue weighted by molar-refractivity contribution is 0.124. The molecule has 0 aliphatic rings. The van der Waals surface area contributed by atoms with E-state index in [1.807, 2.05) is 31.2 Å². The third-order valence-corrected chi connectivity index (χ3v) is 6.68. The normalized spacial score (nSPS) is 14.1. The van der Waals surface area contributed by atoms with Crippen molar-refractivity contribution in [1.82, 2.24) is 9.97 Å². The summed E-state index contributed by atoms with van der Waals surface area (Å²) in [5.74, 6) is 0.547. The number of nitrogens with zero attached hydrogens (tertiary/aromatic N) is 2. The first kappa shape index (κ1) is 27.1. The lowest BCUT2D eigenvalue weighted by Crippen LogP contribution is -2.30. The van der Waals surface area contributed by atoms with Gasteiger partial charge in [-0.15, -0.1) is 0 Å². The van der Waals surface area contributed by atoms with Crippen molar-refractivity contribution in [2.45, 2.75) is 19.4 Å². The van der Waals surface area contributed by atoms with Crippen LogP contribution in [0.15, 0.2) is 102 Å². The number of phenols is 1. The van der Waals surface area contributed by atoms with Crippen molar-refractivity contribution in [2.24, 2.45) is 0 Å². The number of methoxy groups -OCH3 is 1. The number of aromatic nitrogens is 2. The highest BCUT2D eigenvalue weighted by Crippen LogP contribution is 2.41. The van der Waals surface area contributed by atoms with Crippen LogP contribution in [-0.4, -0.2) is 39.0 Å². The average molecular weight is 529 g/mol. The van der Waals surface area contributed by atoms with Crippen molar-refractivity contribution in [3.63, 3.8) is 0 Å². The van der Waals surface area contributed by atoms with Crippen molar-refractivity contribution in [3.8, 4) is 22.8 Å². The van der Waals surface area contributed by atoms with E-state index >= 15 is 0 Å². The number of aliphatic hydroxyl groups excluding tert-OH is 1. The van der Waals surface area contributed by atoms with Crippen LogP contribution in [0.4, 0.5) is 0 Å². The maximum absolute atomic E-state index is 12.5. The first-order chi connectivity index (χ1) is 18.2. The fraction of sp³-hybridized carbons (Fsp3) is 0.161. The summed E-state index contributed by atoms with van der Waals surface area (Å²) < 4.78 is 5.43. The predicted molar refractivity (Wildman–Crippen MR) is 151 cm³/mol. The molecule has 6 nitrogen and oxygen atoms in total. The molecule has 0 aliphatic carbocycles. The number of benzene rings is 2. The monoisotopic (exact) mass is 528 g/mol. The minimum atomic E-state index is -1.70. The first-order valence-corrected chi connectivity index (χ1v) is 12.3. The van der Waals surface area contributed by atoms with Gasteiger partial charge in [-0.2, -0.15) is 0 Å². The van der Waals surface area contributed by atoms with Crippen molar-refractivity contribution >= 4 is 22.5 Å². The smallest absolute Gasteiger partial charge is 0.214 e. The van der Waals surface area contributed by atoms with Crippen molar-refractivity contribution < 1.29 is 20.1 Å². The summed E-state index contributed by atoms with van der Waals surface area (Å²) in [5, 5.41) is 33.7. The Hall–Kier alpha value is -3.97. The number of hydrogen-bond donors (Lipinski definition) is 3. The highest BCUT2D eigenvalue weighted by molar-refractivity contribution is 6.29. The Morgan fingerprint density at radius 2 is 1.89 bits per heavy atom. The summed E-state index contributed by atoms with van der Waals surface area (Å²) in [6.07, 6.45) is 6.50. The molecule has 0 amide bonds. The van der Waals surface area contributed by atoms with Crippen LogP contribution in [0.3, 0.4) is 0 Å². The van der Waals surface area contributed by atoms with Gasteiger partial charge < -0.3 is 20.1 Å². The minimum Gasteiger partial charge on any atom is -0.508 e. The van der Waals surface area contributed by atoms with Crippen LogP contribution in [-0.2, 0) is 5.60 Å². The quantitative estimate of drug-likeness (QED) is 0.237. The molecule has 4 aromatic rings. The zero-order chi connectivity index (χ0) is 27.4. The molecule has 38 heavy (non-hydrogen) atoms. The van der Waals surface area contributed by atoms with Gasteiger partial charge in [0.05, 0.1) is 19.2 Å². The van der Waals surface area contributed by atoms with Gasteiger partial charge in [-0.3, -0.25) is 4.98 Å². The number of rotatable bonds is 8. The Labute approximate surface area is 226 Å². The van der Waals surface area contributed by atoms with Gasteiger partial charge in [-0.1, -0.05) is 42.5 Å². The number of fused-ring (bicyclic) bond motifs is 1. The SMILES string of the molecule is C=C/C(=C\C(CO)=C(/C)Cl)C(O)(c1cncc(C)c1)c1ccc2nc(OC)cc(-c3cccc(O)c3)c2c1. The van der Waals surface area contributed by atoms with Gasteiger partial charge >= 0.3 is 0 Å². The molecule has 2 aromatic carbocycles. The van der Waals surface area contributed by atoms with Gasteiger partial charge in [0.25, 0.3) is 0 Å². The van der Waals surface area contributed by atoms with Crippen LogP contribution in [0.5, 0.6) is 11.6 Å². The summed E-state index contributed by atoms with van der Waals surface area (Å²) in [7, 11) is 1.55. The highest BCUT2D eigenvalue weighted by atomic mass is 35.5. The Morgan fingerprint density at radius 1 is 1.11 bits per heavy atom. The standard InChI is InChI=1S/C31H29ClN2O4/c1-5-23(12-22(18-35)20(3)32)31(37,25-11-19(2)16-33-17-25)24-9-10-29-28(14-24)27(15-30(34-29)38-4)21-7-6-8-26(36)13-21/h5-17,35-37H,1,18H2,2-4H3/b22-20-,23-12+. The molecule has 1 atom stereocenters. The van der Waals surface area contributed by atoms with Crippen molar-refractivity contribution in [2.75, 3.05) is 13.7 Å². The molecule has 2 heterocycles. The fourth-order valence-electron chi connectivity index (χ4n) is 4.45. The minimum absolute atomic E-state index is 0.126. The Balaban J connectivity index is 2.07. The van der Waals surface area contributed by atoms with Crippen molar-refractivity contribution in [3.05, 3.63) is 119 Å². The maximum atomic E-state index is 12.5. The molecule has 4 rings (SSSR count). The Kier molecular flexibility index (Phi) is 7.97. The number of aryl methyl sites for hydroxylation is 1. The third kappa shape index (κ3) is 5.20. The van der Waals surface area contributed by atoms with Gasteiger partial charge in [-0.05, 0) is 83.7 Å². The number of aliphatic hydroxyl groups is 2. The van der Waals surface area contributed by atoms with Gasteiger partial charge in [-0.25, -0.2) is 4.98 Å². The molecule has 0 saturated heterocycles. The van der Waals surface area contributed by atoms with E-state index in [9.17, 15) is 15.3 Å². The Bertz CT molecular complexity index is 1570. The molecule has 7 heteroatoms. The van der Waals surface area contributed by atoms with Crippen LogP contribution in [0, 0.1) is 6.92 Å². The summed E-state index contributed by atoms with van der Waals surface area (Å²) in [6.45, 7) is 7.22. The summed E-state index contributed by atoms with van der Waals surface area (Å²) in [5.41, 5.74) is 3.26. The Morgan fingerprint density at radius 3 is 2.53 bits per heavy atom. The molecular formula is C31H29ClN2O4. The first-order valence-electron chi connectivity index (χ1n) is 11.9. The maximum Gasteiger partial charge on any atom is 0.214 e. The van der Waals surface area contributed by atoms with Crippen LogP contribution >= 0.6 is 11.6 Å². The lowest BCUT2D eigenvalue weighted by atomic mass is 9.78. The number of pyridine rings is 2. The molecular weight excluding hydrogens is 500 g/mol. The van der Waals surface area contributed by atoms with Crippen LogP contribution in [0.2, 0.25) is 0 Å². The molecule has 0 saturated carbocycles. The van der Waals surface area contributed by atoms with E-state index in [1.54, 1.807) is 68.9 Å². The number of allylic oxidation sites excluding steroid dienone is 1. The second kappa shape index (κ2) is 11.2. The van der Waals surface area contributed by atoms with Crippen LogP contribution in [0.1, 0.15) is 23.6 Å². The zero-order valence-corrected chi connectivity index (χ0v) is 22.2. The summed E-state index contributed by atoms with van der Waals surface area (Å²) in [4.78, 5) is 8.91. The van der Waals surface area contributed by atoms with E-state index in [0.29, 0.717) is 38.7 Å². The topological polar surface area (TPSA) is 95.7 Å². The van der Waals surface area contributed by atoms with Gasteiger partial charge in [0, 0.05) is 34.4 Å². The van der Waals surface area contributed by atoms with Crippen LogP contribution < -0.4 is 4.74 Å². The summed E-state index contributed by atoms with van der Waals surface area (Å²) >= 11 is 6.23. The van der Waals surface area contributed by atoms with E-state index in [1.165, 1.54) is 0 Å². The molecule has 0 radical (unpaired) electrons. The molecule has 2 aromatic heterocycles. The van der Waals surface area contributed by atoms with Gasteiger partial charge in [0.15, 0.2) is 0 Å². The van der Waals surface area contributed by atoms with E-state index < -0.39 is 5.60 Å². The second-order valence-electron chi connectivity index (χ2n) is 8.98. The van der Waals surface area contributed by atoms with Crippen molar-refractivity contribution in [1.29, 1.82) is 0 Å². The van der Waals surface area contributed by atoms with Gasteiger partial charge in [0.2, 0.25) is 5.88 Å². The third-order valence-electron chi connectivity index (χ3n) is 6.44. The molecule has 0 spiro atoms. The average Bonchev–Trinajstić information content (AvgIpc) is 2.92. The number of aromatic hydroxyl groups is 1. The van der Waals surface area contributed by atoms with Crippen LogP contribution in [0.25, 0.3) is 22.0 Å². The number of hydrogen-bond acceptors (Lipinski definition) is 6. The second-order valence-corrected chi connectivity index (χ2v) is 9.54. The molecule has 1 unspecified atom stereocenters. The molecule has 0 bridgehead atoms.